The van der Waals surface area contributed by atoms with Crippen LogP contribution in [0.3, 0.4) is 0 Å². The quantitative estimate of drug-likeness (QED) is 0.807. The van der Waals surface area contributed by atoms with Crippen molar-refractivity contribution in [3.05, 3.63) is 0 Å². The van der Waals surface area contributed by atoms with Crippen LogP contribution >= 0.6 is 0 Å². The summed E-state index contributed by atoms with van der Waals surface area (Å²) < 4.78 is 6.35. The second-order valence-corrected chi connectivity index (χ2v) is 12.9. The van der Waals surface area contributed by atoms with Gasteiger partial charge in [0.25, 0.3) is 0 Å². The zero-order valence-corrected chi connectivity index (χ0v) is 15.2. The van der Waals surface area contributed by atoms with Gasteiger partial charge in [0.2, 0.25) is 0 Å². The lowest BCUT2D eigenvalue weighted by Gasteiger charge is -2.45. The van der Waals surface area contributed by atoms with E-state index in [1.807, 2.05) is 0 Å². The molecule has 2 atom stereocenters. The summed E-state index contributed by atoms with van der Waals surface area (Å²) in [7, 11) is -1.58. The Morgan fingerprint density at radius 2 is 1.90 bits per heavy atom. The molecule has 118 valence electrons. The SMILES string of the molecule is CC(C)(C)[Si](C)(C)OCCN1CCN[C@@H]2CCCC[C@H]21. The van der Waals surface area contributed by atoms with Gasteiger partial charge in [0.1, 0.15) is 0 Å². The van der Waals surface area contributed by atoms with Gasteiger partial charge in [-0.2, -0.15) is 0 Å². The Morgan fingerprint density at radius 3 is 2.60 bits per heavy atom. The van der Waals surface area contributed by atoms with Gasteiger partial charge in [0.15, 0.2) is 8.32 Å². The molecule has 4 heteroatoms. The van der Waals surface area contributed by atoms with Crippen molar-refractivity contribution in [2.75, 3.05) is 26.2 Å². The molecule has 0 amide bonds. The summed E-state index contributed by atoms with van der Waals surface area (Å²) >= 11 is 0. The van der Waals surface area contributed by atoms with Crippen molar-refractivity contribution in [3.8, 4) is 0 Å². The highest BCUT2D eigenvalue weighted by Gasteiger charge is 2.38. The van der Waals surface area contributed by atoms with Crippen LogP contribution in [0.15, 0.2) is 0 Å². The molecule has 2 rings (SSSR count). The predicted octanol–water partition coefficient (Wildman–Crippen LogP) is 3.22. The lowest BCUT2D eigenvalue weighted by molar-refractivity contribution is 0.0724. The van der Waals surface area contributed by atoms with Gasteiger partial charge in [0.05, 0.1) is 0 Å². The molecule has 0 aromatic carbocycles. The molecule has 0 bridgehead atoms. The van der Waals surface area contributed by atoms with Gasteiger partial charge in [0, 0.05) is 38.3 Å². The van der Waals surface area contributed by atoms with Crippen LogP contribution in [0, 0.1) is 0 Å². The van der Waals surface area contributed by atoms with Crippen molar-refractivity contribution in [1.82, 2.24) is 10.2 Å². The standard InChI is InChI=1S/C16H34N2OSi/c1-16(2,3)20(4,5)19-13-12-18-11-10-17-14-8-6-7-9-15(14)18/h14-15,17H,6-13H2,1-5H3/t14-,15-/m1/s1. The predicted molar refractivity (Wildman–Crippen MR) is 88.8 cm³/mol. The molecule has 0 radical (unpaired) electrons. The highest BCUT2D eigenvalue weighted by atomic mass is 28.4. The minimum atomic E-state index is -1.58. The van der Waals surface area contributed by atoms with Crippen LogP contribution in [0.1, 0.15) is 46.5 Å². The van der Waals surface area contributed by atoms with Gasteiger partial charge in [-0.1, -0.05) is 33.6 Å². The number of nitrogens with one attached hydrogen (secondary N) is 1. The number of hydrogen-bond donors (Lipinski definition) is 1. The van der Waals surface area contributed by atoms with E-state index in [2.05, 4.69) is 44.1 Å². The van der Waals surface area contributed by atoms with Gasteiger partial charge in [-0.25, -0.2) is 0 Å². The van der Waals surface area contributed by atoms with Gasteiger partial charge < -0.3 is 9.74 Å². The van der Waals surface area contributed by atoms with Crippen LogP contribution < -0.4 is 5.32 Å². The van der Waals surface area contributed by atoms with E-state index in [0.29, 0.717) is 5.04 Å². The summed E-state index contributed by atoms with van der Waals surface area (Å²) in [6.07, 6.45) is 5.55. The first kappa shape index (κ1) is 16.5. The van der Waals surface area contributed by atoms with E-state index in [9.17, 15) is 0 Å². The van der Waals surface area contributed by atoms with Crippen LogP contribution in [-0.4, -0.2) is 51.5 Å². The molecule has 0 aromatic heterocycles. The summed E-state index contributed by atoms with van der Waals surface area (Å²) in [6, 6.07) is 1.51. The van der Waals surface area contributed by atoms with Gasteiger partial charge in [-0.15, -0.1) is 0 Å². The van der Waals surface area contributed by atoms with Gasteiger partial charge in [-0.3, -0.25) is 4.90 Å². The monoisotopic (exact) mass is 298 g/mol. The van der Waals surface area contributed by atoms with E-state index in [4.69, 9.17) is 4.43 Å². The highest BCUT2D eigenvalue weighted by Crippen LogP contribution is 2.36. The van der Waals surface area contributed by atoms with Crippen molar-refractivity contribution >= 4 is 8.32 Å². The van der Waals surface area contributed by atoms with E-state index in [1.165, 1.54) is 32.2 Å². The van der Waals surface area contributed by atoms with Crippen molar-refractivity contribution in [3.63, 3.8) is 0 Å². The third-order valence-corrected chi connectivity index (χ3v) is 10.2. The topological polar surface area (TPSA) is 24.5 Å². The average Bonchev–Trinajstić information content (AvgIpc) is 2.37. The van der Waals surface area contributed by atoms with Crippen molar-refractivity contribution in [2.24, 2.45) is 0 Å². The smallest absolute Gasteiger partial charge is 0.192 e. The fraction of sp³-hybridized carbons (Fsp3) is 1.00. The number of rotatable bonds is 4. The summed E-state index contributed by atoms with van der Waals surface area (Å²) in [5.41, 5.74) is 0. The molecular formula is C16H34N2OSi. The van der Waals surface area contributed by atoms with E-state index < -0.39 is 8.32 Å². The number of nitrogens with zero attached hydrogens (tertiary/aromatic N) is 1. The zero-order chi connectivity index (χ0) is 14.8. The van der Waals surface area contributed by atoms with Crippen LogP contribution in [0.25, 0.3) is 0 Å². The first-order chi connectivity index (χ1) is 9.31. The van der Waals surface area contributed by atoms with Crippen LogP contribution in [0.4, 0.5) is 0 Å². The molecule has 3 nitrogen and oxygen atoms in total. The lowest BCUT2D eigenvalue weighted by Crippen LogP contribution is -2.59. The minimum absolute atomic E-state index is 0.323. The van der Waals surface area contributed by atoms with E-state index >= 15 is 0 Å². The number of hydrogen-bond acceptors (Lipinski definition) is 3. The summed E-state index contributed by atoms with van der Waals surface area (Å²) in [6.45, 7) is 16.1. The van der Waals surface area contributed by atoms with E-state index in [0.717, 1.165) is 31.8 Å². The summed E-state index contributed by atoms with van der Waals surface area (Å²) in [4.78, 5) is 2.69. The molecule has 1 N–H and O–H groups in total. The molecule has 1 saturated carbocycles. The molecule has 1 heterocycles. The molecule has 0 spiro atoms. The van der Waals surface area contributed by atoms with Gasteiger partial charge >= 0.3 is 0 Å². The Hall–Kier alpha value is 0.0969. The van der Waals surface area contributed by atoms with E-state index in [-0.39, 0.29) is 0 Å². The van der Waals surface area contributed by atoms with Crippen molar-refractivity contribution in [1.29, 1.82) is 0 Å². The van der Waals surface area contributed by atoms with Crippen LogP contribution in [-0.2, 0) is 4.43 Å². The molecule has 1 aliphatic heterocycles. The first-order valence-electron chi connectivity index (χ1n) is 8.43. The molecule has 2 fully saturated rings. The summed E-state index contributed by atoms with van der Waals surface area (Å²) in [5.74, 6) is 0. The van der Waals surface area contributed by atoms with Crippen molar-refractivity contribution < 1.29 is 4.43 Å². The minimum Gasteiger partial charge on any atom is -0.416 e. The van der Waals surface area contributed by atoms with Crippen molar-refractivity contribution in [2.45, 2.75) is 76.7 Å². The molecule has 1 aliphatic carbocycles. The maximum absolute atomic E-state index is 6.35. The first-order valence-corrected chi connectivity index (χ1v) is 11.3. The average molecular weight is 299 g/mol. The maximum Gasteiger partial charge on any atom is 0.192 e. The summed E-state index contributed by atoms with van der Waals surface area (Å²) in [5, 5.41) is 4.03. The number of fused-ring (bicyclic) bond motifs is 1. The molecule has 20 heavy (non-hydrogen) atoms. The molecule has 1 saturated heterocycles. The lowest BCUT2D eigenvalue weighted by atomic mass is 9.87. The fourth-order valence-corrected chi connectivity index (χ4v) is 4.29. The third kappa shape index (κ3) is 3.84. The van der Waals surface area contributed by atoms with Crippen LogP contribution in [0.5, 0.6) is 0 Å². The molecule has 2 aliphatic rings. The molecular weight excluding hydrogens is 264 g/mol. The van der Waals surface area contributed by atoms with E-state index in [1.54, 1.807) is 0 Å². The largest absolute Gasteiger partial charge is 0.416 e. The van der Waals surface area contributed by atoms with Gasteiger partial charge in [-0.05, 0) is 31.0 Å². The fourth-order valence-electron chi connectivity index (χ4n) is 3.26. The highest BCUT2D eigenvalue weighted by molar-refractivity contribution is 6.74. The number of piperazine rings is 1. The zero-order valence-electron chi connectivity index (χ0n) is 14.2. The normalized spacial score (nSPS) is 29.2. The Bertz CT molecular complexity index is 312. The second-order valence-electron chi connectivity index (χ2n) is 8.06. The Kier molecular flexibility index (Phi) is 5.33. The molecule has 0 unspecified atom stereocenters. The maximum atomic E-state index is 6.35. The Labute approximate surface area is 126 Å². The van der Waals surface area contributed by atoms with Crippen LogP contribution in [0.2, 0.25) is 18.1 Å². The molecule has 0 aromatic rings. The third-order valence-electron chi connectivity index (χ3n) is 5.65. The Morgan fingerprint density at radius 1 is 1.20 bits per heavy atom. The second kappa shape index (κ2) is 6.47. The Balaban J connectivity index is 1.81.